The van der Waals surface area contributed by atoms with Gasteiger partial charge in [-0.15, -0.1) is 0 Å². The zero-order valence-electron chi connectivity index (χ0n) is 11.6. The van der Waals surface area contributed by atoms with Crippen molar-refractivity contribution in [2.24, 2.45) is 0 Å². The van der Waals surface area contributed by atoms with Crippen molar-refractivity contribution in [1.29, 1.82) is 0 Å². The largest absolute Gasteiger partial charge is 0.527 e. The van der Waals surface area contributed by atoms with E-state index < -0.39 is 30.6 Å². The Morgan fingerprint density at radius 2 is 2.14 bits per heavy atom. The topological polar surface area (TPSA) is 144 Å². The van der Waals surface area contributed by atoms with Crippen LogP contribution in [-0.4, -0.2) is 26.7 Å². The Morgan fingerprint density at radius 3 is 2.68 bits per heavy atom. The van der Waals surface area contributed by atoms with E-state index >= 15 is 0 Å². The number of H-pyrrole nitrogens is 1. The second-order valence-corrected chi connectivity index (χ2v) is 5.57. The van der Waals surface area contributed by atoms with Gasteiger partial charge >= 0.3 is 13.5 Å². The van der Waals surface area contributed by atoms with E-state index in [0.29, 0.717) is 0 Å². The van der Waals surface area contributed by atoms with Gasteiger partial charge in [-0.25, -0.2) is 13.9 Å². The maximum atomic E-state index is 11.7. The minimum absolute atomic E-state index is 0.0249. The molecule has 2 aromatic rings. The average molecular weight is 332 g/mol. The molecule has 1 unspecified atom stereocenters. The molecule has 0 aliphatic rings. The van der Waals surface area contributed by atoms with Crippen molar-refractivity contribution in [3.05, 3.63) is 38.9 Å². The van der Waals surface area contributed by atoms with Gasteiger partial charge in [0.25, 0.3) is 11.4 Å². The van der Waals surface area contributed by atoms with Gasteiger partial charge in [0, 0.05) is 25.8 Å². The molecule has 0 saturated carbocycles. The van der Waals surface area contributed by atoms with Gasteiger partial charge in [0.1, 0.15) is 0 Å². The van der Waals surface area contributed by atoms with Crippen LogP contribution in [0.3, 0.4) is 0 Å². The van der Waals surface area contributed by atoms with Crippen LogP contribution in [-0.2, 0) is 15.5 Å². The van der Waals surface area contributed by atoms with Gasteiger partial charge in [-0.05, 0) is 0 Å². The maximum Gasteiger partial charge on any atom is 0.527 e. The molecule has 0 saturated heterocycles. The summed E-state index contributed by atoms with van der Waals surface area (Å²) in [4.78, 5) is 34.1. The third-order valence-corrected chi connectivity index (χ3v) is 3.57. The molecule has 22 heavy (non-hydrogen) atoms. The fourth-order valence-corrected chi connectivity index (χ4v) is 2.15. The molecular formula is C11H13N2O8P. The normalized spacial score (nSPS) is 13.8. The number of aromatic hydroxyl groups is 1. The molecule has 0 bridgehead atoms. The van der Waals surface area contributed by atoms with Gasteiger partial charge in [0.2, 0.25) is 11.5 Å². The molecule has 0 spiro atoms. The van der Waals surface area contributed by atoms with Crippen LogP contribution in [0.15, 0.2) is 26.3 Å². The number of phosphoric ester groups is 1. The summed E-state index contributed by atoms with van der Waals surface area (Å²) in [5.74, 6) is -1.42. The van der Waals surface area contributed by atoms with Gasteiger partial charge in [-0.2, -0.15) is 0 Å². The monoisotopic (exact) mass is 332 g/mol. The molecule has 2 heterocycles. The Balaban J connectivity index is 2.60. The molecule has 1 atom stereocenters. The summed E-state index contributed by atoms with van der Waals surface area (Å²) in [5, 5.41) is 10.1. The molecule has 0 aliphatic heterocycles. The number of furan rings is 1. The van der Waals surface area contributed by atoms with Crippen molar-refractivity contribution >= 4 is 7.82 Å². The summed E-state index contributed by atoms with van der Waals surface area (Å²) in [6.07, 6.45) is 1.28. The minimum Gasteiger partial charge on any atom is -0.500 e. The van der Waals surface area contributed by atoms with Crippen molar-refractivity contribution in [3.8, 4) is 17.4 Å². The summed E-state index contributed by atoms with van der Waals surface area (Å²) in [6.45, 7) is 1.64. The van der Waals surface area contributed by atoms with Crippen LogP contribution in [0.1, 0.15) is 12.7 Å². The molecule has 0 aliphatic carbocycles. The number of rotatable bonds is 5. The fourth-order valence-electron chi connectivity index (χ4n) is 1.66. The van der Waals surface area contributed by atoms with Gasteiger partial charge in [-0.1, -0.05) is 6.92 Å². The van der Waals surface area contributed by atoms with E-state index in [1.54, 1.807) is 6.92 Å². The highest BCUT2D eigenvalue weighted by molar-refractivity contribution is 7.47. The smallest absolute Gasteiger partial charge is 0.500 e. The number of aryl methyl sites for hydroxylation is 1. The summed E-state index contributed by atoms with van der Waals surface area (Å²) >= 11 is 0. The summed E-state index contributed by atoms with van der Waals surface area (Å²) < 4.78 is 26.6. The van der Waals surface area contributed by atoms with Crippen molar-refractivity contribution in [3.63, 3.8) is 0 Å². The SMILES string of the molecule is CCc1oc(-n2ccc(=O)[nH]c2=O)c(O)c1OP(=O)(O)OC. The van der Waals surface area contributed by atoms with Crippen LogP contribution >= 0.6 is 7.82 Å². The zero-order chi connectivity index (χ0) is 16.5. The van der Waals surface area contributed by atoms with E-state index in [9.17, 15) is 24.2 Å². The van der Waals surface area contributed by atoms with E-state index in [-0.39, 0.29) is 18.1 Å². The number of nitrogens with zero attached hydrogens (tertiary/aromatic N) is 1. The van der Waals surface area contributed by atoms with E-state index in [0.717, 1.165) is 23.9 Å². The Labute approximate surface area is 123 Å². The number of nitrogens with one attached hydrogen (secondary N) is 1. The molecule has 11 heteroatoms. The van der Waals surface area contributed by atoms with E-state index in [4.69, 9.17) is 8.94 Å². The molecule has 0 amide bonds. The molecule has 0 fully saturated rings. The van der Waals surface area contributed by atoms with Gasteiger partial charge in [0.15, 0.2) is 5.76 Å². The van der Waals surface area contributed by atoms with Crippen LogP contribution in [0, 0.1) is 0 Å². The lowest BCUT2D eigenvalue weighted by Crippen LogP contribution is -2.27. The Hall–Kier alpha value is -2.29. The van der Waals surface area contributed by atoms with Crippen LogP contribution in [0.2, 0.25) is 0 Å². The first-order valence-electron chi connectivity index (χ1n) is 6.04. The lowest BCUT2D eigenvalue weighted by atomic mass is 10.3. The predicted octanol–water partition coefficient (Wildman–Crippen LogP) is 0.512. The maximum absolute atomic E-state index is 11.7. The molecule has 10 nitrogen and oxygen atoms in total. The number of phosphoric acid groups is 1. The van der Waals surface area contributed by atoms with Crippen molar-refractivity contribution < 1.29 is 28.0 Å². The lowest BCUT2D eigenvalue weighted by Gasteiger charge is -2.09. The quantitative estimate of drug-likeness (QED) is 0.672. The summed E-state index contributed by atoms with van der Waals surface area (Å²) in [7, 11) is -3.47. The highest BCUT2D eigenvalue weighted by atomic mass is 31.2. The van der Waals surface area contributed by atoms with Crippen LogP contribution in [0.25, 0.3) is 5.88 Å². The molecule has 120 valence electrons. The summed E-state index contributed by atoms with van der Waals surface area (Å²) in [6, 6.07) is 1.04. The Bertz CT molecular complexity index is 849. The first kappa shape index (κ1) is 16.1. The Kier molecular flexibility index (Phi) is 4.27. The highest BCUT2D eigenvalue weighted by Gasteiger charge is 2.30. The number of hydrogen-bond acceptors (Lipinski definition) is 7. The standard InChI is InChI=1S/C11H13N2O8P/c1-3-6-9(21-22(17,18)19-2)8(15)10(20-6)13-5-4-7(14)12-11(13)16/h4-5,15H,3H2,1-2H3,(H,17,18)(H,12,14,16). The zero-order valence-corrected chi connectivity index (χ0v) is 12.5. The van der Waals surface area contributed by atoms with Crippen molar-refractivity contribution in [2.75, 3.05) is 7.11 Å². The second-order valence-electron chi connectivity index (χ2n) is 4.08. The van der Waals surface area contributed by atoms with Crippen molar-refractivity contribution in [1.82, 2.24) is 9.55 Å². The van der Waals surface area contributed by atoms with Gasteiger partial charge < -0.3 is 14.0 Å². The minimum atomic E-state index is -4.43. The van der Waals surface area contributed by atoms with Gasteiger partial charge in [0.05, 0.1) is 0 Å². The average Bonchev–Trinajstić information content (AvgIpc) is 2.76. The van der Waals surface area contributed by atoms with Crippen LogP contribution in [0.5, 0.6) is 11.5 Å². The molecule has 0 radical (unpaired) electrons. The number of aromatic amines is 1. The number of hydrogen-bond donors (Lipinski definition) is 3. The number of aromatic nitrogens is 2. The highest BCUT2D eigenvalue weighted by Crippen LogP contribution is 2.50. The molecule has 2 aromatic heterocycles. The van der Waals surface area contributed by atoms with E-state index in [2.05, 4.69) is 4.52 Å². The third-order valence-electron chi connectivity index (χ3n) is 2.69. The first-order chi connectivity index (χ1) is 10.3. The molecule has 2 rings (SSSR count). The van der Waals surface area contributed by atoms with Crippen LogP contribution in [0.4, 0.5) is 0 Å². The summed E-state index contributed by atoms with van der Waals surface area (Å²) in [5.41, 5.74) is -1.48. The van der Waals surface area contributed by atoms with E-state index in [1.165, 1.54) is 0 Å². The van der Waals surface area contributed by atoms with Gasteiger partial charge in [-0.3, -0.25) is 19.2 Å². The lowest BCUT2D eigenvalue weighted by molar-refractivity contribution is 0.238. The van der Waals surface area contributed by atoms with Crippen LogP contribution < -0.4 is 15.8 Å². The third kappa shape index (κ3) is 2.98. The van der Waals surface area contributed by atoms with E-state index in [1.807, 2.05) is 4.98 Å². The first-order valence-corrected chi connectivity index (χ1v) is 7.53. The molecular weight excluding hydrogens is 319 g/mol. The second kappa shape index (κ2) is 5.84. The molecule has 0 aromatic carbocycles. The Morgan fingerprint density at radius 1 is 1.45 bits per heavy atom. The predicted molar refractivity (Wildman–Crippen MR) is 73.4 cm³/mol. The van der Waals surface area contributed by atoms with Crippen molar-refractivity contribution in [2.45, 2.75) is 13.3 Å². The molecule has 3 N–H and O–H groups in total. The fraction of sp³-hybridized carbons (Fsp3) is 0.273.